The van der Waals surface area contributed by atoms with Gasteiger partial charge in [0.05, 0.1) is 19.1 Å². The van der Waals surface area contributed by atoms with Gasteiger partial charge in [-0.15, -0.1) is 0 Å². The molecule has 2 rings (SSSR count). The van der Waals surface area contributed by atoms with E-state index >= 15 is 0 Å². The van der Waals surface area contributed by atoms with Crippen LogP contribution in [0.1, 0.15) is 12.5 Å². The molecule has 0 heterocycles. The highest BCUT2D eigenvalue weighted by atomic mass is 32.2. The van der Waals surface area contributed by atoms with Crippen LogP contribution in [-0.4, -0.2) is 28.5 Å². The molecule has 134 valence electrons. The van der Waals surface area contributed by atoms with Crippen molar-refractivity contribution < 1.29 is 22.7 Å². The number of sulfonamides is 1. The summed E-state index contributed by atoms with van der Waals surface area (Å²) < 4.78 is 37.6. The van der Waals surface area contributed by atoms with Crippen LogP contribution in [0.25, 0.3) is 0 Å². The topological polar surface area (TPSA) is 93.7 Å². The van der Waals surface area contributed by atoms with Crippen LogP contribution in [0, 0.1) is 0 Å². The van der Waals surface area contributed by atoms with Gasteiger partial charge >= 0.3 is 0 Å². The average Bonchev–Trinajstić information content (AvgIpc) is 2.59. The van der Waals surface area contributed by atoms with Crippen LogP contribution in [0.3, 0.4) is 0 Å². The smallest absolute Gasteiger partial charge is 0.240 e. The van der Waals surface area contributed by atoms with Crippen LogP contribution in [0.15, 0.2) is 47.4 Å². The Bertz CT molecular complexity index is 826. The Morgan fingerprint density at radius 2 is 1.56 bits per heavy atom. The Morgan fingerprint density at radius 3 is 2.04 bits per heavy atom. The van der Waals surface area contributed by atoms with Crippen LogP contribution in [0.4, 0.5) is 5.69 Å². The molecule has 2 N–H and O–H groups in total. The molecule has 0 saturated heterocycles. The summed E-state index contributed by atoms with van der Waals surface area (Å²) in [5, 5.41) is 2.58. The predicted molar refractivity (Wildman–Crippen MR) is 94.3 cm³/mol. The van der Waals surface area contributed by atoms with Gasteiger partial charge < -0.3 is 14.8 Å². The number of benzene rings is 2. The molecule has 0 saturated carbocycles. The lowest BCUT2D eigenvalue weighted by molar-refractivity contribution is -0.114. The number of hydrogen-bond donors (Lipinski definition) is 2. The van der Waals surface area contributed by atoms with Crippen molar-refractivity contribution in [1.82, 2.24) is 4.72 Å². The lowest BCUT2D eigenvalue weighted by atomic mass is 10.2. The van der Waals surface area contributed by atoms with Crippen LogP contribution in [-0.2, 0) is 21.4 Å². The second kappa shape index (κ2) is 8.00. The Hall–Kier alpha value is -2.58. The van der Waals surface area contributed by atoms with Gasteiger partial charge in [0.1, 0.15) is 11.5 Å². The van der Waals surface area contributed by atoms with Crippen molar-refractivity contribution in [3.63, 3.8) is 0 Å². The van der Waals surface area contributed by atoms with E-state index in [1.807, 2.05) is 0 Å². The van der Waals surface area contributed by atoms with Crippen molar-refractivity contribution in [3.8, 4) is 11.5 Å². The standard InChI is InChI=1S/C17H20N2O5S/c1-12(20)19-14-4-6-17(7-5-14)25(21,22)18-11-13-8-15(23-2)10-16(9-13)24-3/h4-10,18H,11H2,1-3H3,(H,19,20). The SMILES string of the molecule is COc1cc(CNS(=O)(=O)c2ccc(NC(C)=O)cc2)cc(OC)c1. The minimum atomic E-state index is -3.69. The van der Waals surface area contributed by atoms with Crippen molar-refractivity contribution in [1.29, 1.82) is 0 Å². The second-order valence-corrected chi connectivity index (χ2v) is 7.02. The molecule has 1 amide bonds. The number of hydrogen-bond acceptors (Lipinski definition) is 5. The monoisotopic (exact) mass is 364 g/mol. The molecule has 0 atom stereocenters. The summed E-state index contributed by atoms with van der Waals surface area (Å²) in [6.45, 7) is 1.47. The third-order valence-electron chi connectivity index (χ3n) is 3.36. The van der Waals surface area contributed by atoms with Gasteiger partial charge in [0.2, 0.25) is 15.9 Å². The number of anilines is 1. The second-order valence-electron chi connectivity index (χ2n) is 5.25. The van der Waals surface area contributed by atoms with Gasteiger partial charge in [0.25, 0.3) is 0 Å². The van der Waals surface area contributed by atoms with E-state index in [1.165, 1.54) is 45.4 Å². The Kier molecular flexibility index (Phi) is 6.00. The first-order chi connectivity index (χ1) is 11.8. The molecule has 2 aromatic rings. The average molecular weight is 364 g/mol. The van der Waals surface area contributed by atoms with Gasteiger partial charge in [-0.25, -0.2) is 13.1 Å². The minimum absolute atomic E-state index is 0.0866. The quantitative estimate of drug-likeness (QED) is 0.785. The van der Waals surface area contributed by atoms with Gasteiger partial charge in [0.15, 0.2) is 0 Å². The lowest BCUT2D eigenvalue weighted by Crippen LogP contribution is -2.23. The number of nitrogens with one attached hydrogen (secondary N) is 2. The van der Waals surface area contributed by atoms with E-state index in [2.05, 4.69) is 10.0 Å². The fraction of sp³-hybridized carbons (Fsp3) is 0.235. The van der Waals surface area contributed by atoms with E-state index in [0.717, 1.165) is 0 Å². The molecule has 0 aliphatic rings. The molecule has 25 heavy (non-hydrogen) atoms. The molecule has 0 aliphatic heterocycles. The van der Waals surface area contributed by atoms with Crippen molar-refractivity contribution in [2.45, 2.75) is 18.4 Å². The summed E-state index contributed by atoms with van der Waals surface area (Å²) in [7, 11) is -0.633. The fourth-order valence-electron chi connectivity index (χ4n) is 2.15. The van der Waals surface area contributed by atoms with E-state index in [0.29, 0.717) is 22.7 Å². The molecule has 0 aliphatic carbocycles. The number of carbonyl (C=O) groups is 1. The molecular formula is C17H20N2O5S. The maximum Gasteiger partial charge on any atom is 0.240 e. The Labute approximate surface area is 147 Å². The number of ether oxygens (including phenoxy) is 2. The molecular weight excluding hydrogens is 344 g/mol. The van der Waals surface area contributed by atoms with Crippen LogP contribution >= 0.6 is 0 Å². The lowest BCUT2D eigenvalue weighted by Gasteiger charge is -2.10. The highest BCUT2D eigenvalue weighted by Crippen LogP contribution is 2.23. The van der Waals surface area contributed by atoms with Crippen LogP contribution < -0.4 is 19.5 Å². The van der Waals surface area contributed by atoms with E-state index in [4.69, 9.17) is 9.47 Å². The van der Waals surface area contributed by atoms with Crippen molar-refractivity contribution in [2.75, 3.05) is 19.5 Å². The molecule has 0 unspecified atom stereocenters. The van der Waals surface area contributed by atoms with Crippen molar-refractivity contribution >= 4 is 21.6 Å². The number of amides is 1. The van der Waals surface area contributed by atoms with Gasteiger partial charge in [-0.05, 0) is 42.0 Å². The van der Waals surface area contributed by atoms with Crippen molar-refractivity contribution in [2.24, 2.45) is 0 Å². The fourth-order valence-corrected chi connectivity index (χ4v) is 3.17. The third-order valence-corrected chi connectivity index (χ3v) is 4.78. The first-order valence-electron chi connectivity index (χ1n) is 7.43. The molecule has 0 radical (unpaired) electrons. The highest BCUT2D eigenvalue weighted by molar-refractivity contribution is 7.89. The zero-order valence-electron chi connectivity index (χ0n) is 14.2. The minimum Gasteiger partial charge on any atom is -0.497 e. The van der Waals surface area contributed by atoms with Crippen LogP contribution in [0.5, 0.6) is 11.5 Å². The molecule has 7 nitrogen and oxygen atoms in total. The normalized spacial score (nSPS) is 11.0. The zero-order chi connectivity index (χ0) is 18.4. The van der Waals surface area contributed by atoms with E-state index in [1.54, 1.807) is 18.2 Å². The maximum absolute atomic E-state index is 12.4. The maximum atomic E-state index is 12.4. The molecule has 0 fully saturated rings. The summed E-state index contributed by atoms with van der Waals surface area (Å²) in [5.74, 6) is 0.933. The summed E-state index contributed by atoms with van der Waals surface area (Å²) >= 11 is 0. The molecule has 0 aromatic heterocycles. The van der Waals surface area contributed by atoms with Gasteiger partial charge in [-0.3, -0.25) is 4.79 Å². The van der Waals surface area contributed by atoms with Crippen molar-refractivity contribution in [3.05, 3.63) is 48.0 Å². The molecule has 8 heteroatoms. The number of carbonyl (C=O) groups excluding carboxylic acids is 1. The molecule has 0 spiro atoms. The number of rotatable bonds is 7. The van der Waals surface area contributed by atoms with Crippen LogP contribution in [0.2, 0.25) is 0 Å². The van der Waals surface area contributed by atoms with E-state index < -0.39 is 10.0 Å². The summed E-state index contributed by atoms with van der Waals surface area (Å²) in [5.41, 5.74) is 1.23. The summed E-state index contributed by atoms with van der Waals surface area (Å²) in [4.78, 5) is 11.1. The first-order valence-corrected chi connectivity index (χ1v) is 8.91. The molecule has 0 bridgehead atoms. The first kappa shape index (κ1) is 18.8. The third kappa shape index (κ3) is 5.20. The Balaban J connectivity index is 2.12. The largest absolute Gasteiger partial charge is 0.497 e. The Morgan fingerprint density at radius 1 is 1.00 bits per heavy atom. The van der Waals surface area contributed by atoms with Gasteiger partial charge in [0, 0.05) is 25.2 Å². The van der Waals surface area contributed by atoms with E-state index in [9.17, 15) is 13.2 Å². The molecule has 2 aromatic carbocycles. The predicted octanol–water partition coefficient (Wildman–Crippen LogP) is 2.14. The summed E-state index contributed by atoms with van der Waals surface area (Å²) in [6.07, 6.45) is 0. The highest BCUT2D eigenvalue weighted by Gasteiger charge is 2.14. The summed E-state index contributed by atoms with van der Waals surface area (Å²) in [6, 6.07) is 11.1. The number of methoxy groups -OCH3 is 2. The van der Waals surface area contributed by atoms with Gasteiger partial charge in [-0.2, -0.15) is 0 Å². The van der Waals surface area contributed by atoms with E-state index in [-0.39, 0.29) is 17.3 Å². The zero-order valence-corrected chi connectivity index (χ0v) is 15.0. The van der Waals surface area contributed by atoms with Gasteiger partial charge in [-0.1, -0.05) is 0 Å².